The molecule has 4 rings (SSSR count). The number of nitrogens with zero attached hydrogens (tertiary/aromatic N) is 1. The highest BCUT2D eigenvalue weighted by molar-refractivity contribution is 5.73. The zero-order chi connectivity index (χ0) is 26.1. The van der Waals surface area contributed by atoms with Crippen LogP contribution in [0.1, 0.15) is 141 Å². The first-order valence-electron chi connectivity index (χ1n) is 16.1. The van der Waals surface area contributed by atoms with E-state index in [4.69, 9.17) is 4.74 Å². The Balaban J connectivity index is 1.42. The van der Waals surface area contributed by atoms with Gasteiger partial charge in [-0.15, -0.1) is 0 Å². The van der Waals surface area contributed by atoms with E-state index < -0.39 is 0 Å². The van der Waals surface area contributed by atoms with Gasteiger partial charge in [0.05, 0.1) is 0 Å². The van der Waals surface area contributed by atoms with Crippen LogP contribution in [-0.2, 0) is 16.6 Å². The average Bonchev–Trinajstić information content (AvgIpc) is 3.31. The van der Waals surface area contributed by atoms with Crippen molar-refractivity contribution in [3.05, 3.63) is 29.3 Å². The van der Waals surface area contributed by atoms with Gasteiger partial charge in [-0.25, -0.2) is 0 Å². The van der Waals surface area contributed by atoms with E-state index in [1.807, 2.05) is 0 Å². The Morgan fingerprint density at radius 3 is 2.46 bits per heavy atom. The van der Waals surface area contributed by atoms with Crippen LogP contribution in [0, 0.1) is 11.3 Å². The number of unbranched alkanes of at least 4 members (excludes halogenated alkanes) is 5. The average molecular weight is 510 g/mol. The standard InChI is InChI=1S/C34H55NO2/c1-4-7-10-11-25-35-26-24-34-22-13-21-33(34,27-35)23-20-29-30(34)16-12-17-31(29)37-32(36)19-18-28(14-8-5-2)15-9-6-3/h12,16-17,28H,4-11,13-15,18-27H2,1-3H3. The Bertz CT molecular complexity index is 857. The van der Waals surface area contributed by atoms with Gasteiger partial charge >= 0.3 is 5.97 Å². The second-order valence-corrected chi connectivity index (χ2v) is 12.7. The van der Waals surface area contributed by atoms with Crippen molar-refractivity contribution >= 4 is 5.97 Å². The van der Waals surface area contributed by atoms with Crippen LogP contribution >= 0.6 is 0 Å². The summed E-state index contributed by atoms with van der Waals surface area (Å²) in [6.07, 6.45) is 22.1. The molecule has 37 heavy (non-hydrogen) atoms. The highest BCUT2D eigenvalue weighted by Gasteiger charge is 2.60. The van der Waals surface area contributed by atoms with Gasteiger partial charge in [0, 0.05) is 18.4 Å². The first kappa shape index (κ1) is 28.7. The molecule has 0 aromatic heterocycles. The smallest absolute Gasteiger partial charge is 0.311 e. The second-order valence-electron chi connectivity index (χ2n) is 12.7. The lowest BCUT2D eigenvalue weighted by Gasteiger charge is -2.57. The van der Waals surface area contributed by atoms with E-state index in [0.717, 1.165) is 18.6 Å². The summed E-state index contributed by atoms with van der Waals surface area (Å²) in [6.45, 7) is 10.6. The van der Waals surface area contributed by atoms with Gasteiger partial charge in [0.15, 0.2) is 0 Å². The number of likely N-dealkylation sites (tertiary alicyclic amines) is 1. The SMILES string of the molecule is CCCCCCN1CCC23CCCC2(CCc2c(OC(=O)CCC(CCCC)CCCC)cccc23)C1. The van der Waals surface area contributed by atoms with E-state index in [1.54, 1.807) is 0 Å². The third-order valence-electron chi connectivity index (χ3n) is 10.4. The summed E-state index contributed by atoms with van der Waals surface area (Å²) in [4.78, 5) is 15.8. The molecular weight excluding hydrogens is 454 g/mol. The number of fused-ring (bicyclic) bond motifs is 1. The molecule has 1 saturated carbocycles. The molecule has 1 aromatic carbocycles. The van der Waals surface area contributed by atoms with Gasteiger partial charge in [-0.1, -0.05) is 97.1 Å². The van der Waals surface area contributed by atoms with Crippen LogP contribution < -0.4 is 4.74 Å². The van der Waals surface area contributed by atoms with Gasteiger partial charge in [0.25, 0.3) is 0 Å². The van der Waals surface area contributed by atoms with Crippen molar-refractivity contribution in [3.8, 4) is 5.75 Å². The third-order valence-corrected chi connectivity index (χ3v) is 10.4. The lowest BCUT2D eigenvalue weighted by atomic mass is 9.52. The van der Waals surface area contributed by atoms with E-state index in [9.17, 15) is 4.79 Å². The summed E-state index contributed by atoms with van der Waals surface area (Å²) in [5.41, 5.74) is 3.63. The first-order valence-corrected chi connectivity index (χ1v) is 16.1. The topological polar surface area (TPSA) is 29.5 Å². The Hall–Kier alpha value is -1.35. The molecule has 0 radical (unpaired) electrons. The number of benzene rings is 1. The molecule has 2 atom stereocenters. The second kappa shape index (κ2) is 13.6. The van der Waals surface area contributed by atoms with Crippen LogP contribution in [-0.4, -0.2) is 30.5 Å². The quantitative estimate of drug-likeness (QED) is 0.134. The van der Waals surface area contributed by atoms with Gasteiger partial charge in [0.1, 0.15) is 5.75 Å². The fraction of sp³-hybridized carbons (Fsp3) is 0.794. The van der Waals surface area contributed by atoms with Crippen LogP contribution in [0.25, 0.3) is 0 Å². The van der Waals surface area contributed by atoms with Crippen molar-refractivity contribution in [3.63, 3.8) is 0 Å². The predicted molar refractivity (Wildman–Crippen MR) is 155 cm³/mol. The number of hydrogen-bond donors (Lipinski definition) is 0. The normalized spacial score (nSPS) is 25.1. The van der Waals surface area contributed by atoms with Crippen molar-refractivity contribution < 1.29 is 9.53 Å². The Labute approximate surface area is 228 Å². The summed E-state index contributed by atoms with van der Waals surface area (Å²) < 4.78 is 6.14. The van der Waals surface area contributed by atoms with Gasteiger partial charge in [-0.3, -0.25) is 4.79 Å². The van der Waals surface area contributed by atoms with Crippen molar-refractivity contribution in [1.82, 2.24) is 4.90 Å². The molecule has 3 heteroatoms. The maximum Gasteiger partial charge on any atom is 0.311 e. The number of hydrogen-bond acceptors (Lipinski definition) is 3. The summed E-state index contributed by atoms with van der Waals surface area (Å²) in [6, 6.07) is 6.64. The minimum atomic E-state index is -0.0194. The van der Waals surface area contributed by atoms with E-state index in [-0.39, 0.29) is 5.97 Å². The molecule has 0 spiro atoms. The number of carbonyl (C=O) groups is 1. The van der Waals surface area contributed by atoms with Crippen LogP contribution in [0.5, 0.6) is 5.75 Å². The van der Waals surface area contributed by atoms with Gasteiger partial charge in [-0.2, -0.15) is 0 Å². The molecule has 208 valence electrons. The fourth-order valence-electron chi connectivity index (χ4n) is 8.31. The number of piperidine rings is 1. The summed E-state index contributed by atoms with van der Waals surface area (Å²) in [7, 11) is 0. The molecule has 2 aliphatic carbocycles. The number of ether oxygens (including phenoxy) is 1. The zero-order valence-corrected chi connectivity index (χ0v) is 24.4. The van der Waals surface area contributed by atoms with E-state index in [2.05, 4.69) is 43.9 Å². The highest BCUT2D eigenvalue weighted by Crippen LogP contribution is 2.64. The Morgan fingerprint density at radius 2 is 1.70 bits per heavy atom. The first-order chi connectivity index (χ1) is 18.1. The molecule has 0 amide bonds. The fourth-order valence-corrected chi connectivity index (χ4v) is 8.31. The van der Waals surface area contributed by atoms with E-state index in [1.165, 1.54) is 127 Å². The minimum absolute atomic E-state index is 0.0194. The lowest BCUT2D eigenvalue weighted by Crippen LogP contribution is -2.57. The number of rotatable bonds is 15. The maximum atomic E-state index is 13.0. The monoisotopic (exact) mass is 509 g/mol. The van der Waals surface area contributed by atoms with E-state index in [0.29, 0.717) is 23.2 Å². The minimum Gasteiger partial charge on any atom is -0.426 e. The largest absolute Gasteiger partial charge is 0.426 e. The van der Waals surface area contributed by atoms with Crippen molar-refractivity contribution in [1.29, 1.82) is 0 Å². The van der Waals surface area contributed by atoms with Gasteiger partial charge in [-0.05, 0) is 86.6 Å². The molecule has 0 N–H and O–H groups in total. The highest BCUT2D eigenvalue weighted by atomic mass is 16.5. The summed E-state index contributed by atoms with van der Waals surface area (Å²) in [5.74, 6) is 1.52. The number of carbonyl (C=O) groups excluding carboxylic acids is 1. The molecule has 1 aromatic rings. The molecule has 1 aliphatic heterocycles. The van der Waals surface area contributed by atoms with Crippen molar-refractivity contribution in [2.24, 2.45) is 11.3 Å². The maximum absolute atomic E-state index is 13.0. The Kier molecular flexibility index (Phi) is 10.6. The number of esters is 1. The molecule has 1 saturated heterocycles. The van der Waals surface area contributed by atoms with Crippen LogP contribution in [0.3, 0.4) is 0 Å². The predicted octanol–water partition coefficient (Wildman–Crippen LogP) is 9.01. The molecule has 1 heterocycles. The molecule has 2 fully saturated rings. The molecular formula is C34H55NO2. The summed E-state index contributed by atoms with van der Waals surface area (Å²) >= 11 is 0. The molecule has 3 nitrogen and oxygen atoms in total. The zero-order valence-electron chi connectivity index (χ0n) is 24.4. The summed E-state index contributed by atoms with van der Waals surface area (Å²) in [5, 5.41) is 0. The molecule has 2 unspecified atom stereocenters. The van der Waals surface area contributed by atoms with E-state index >= 15 is 0 Å². The van der Waals surface area contributed by atoms with Crippen molar-refractivity contribution in [2.45, 2.75) is 142 Å². The van der Waals surface area contributed by atoms with Crippen LogP contribution in [0.2, 0.25) is 0 Å². The van der Waals surface area contributed by atoms with Crippen LogP contribution in [0.15, 0.2) is 18.2 Å². The third kappa shape index (κ3) is 6.45. The van der Waals surface area contributed by atoms with Crippen LogP contribution in [0.4, 0.5) is 0 Å². The lowest BCUT2D eigenvalue weighted by molar-refractivity contribution is -0.134. The van der Waals surface area contributed by atoms with Gasteiger partial charge in [0.2, 0.25) is 0 Å². The Morgan fingerprint density at radius 1 is 0.919 bits per heavy atom. The molecule has 0 bridgehead atoms. The molecule has 3 aliphatic rings. The van der Waals surface area contributed by atoms with Crippen molar-refractivity contribution in [2.75, 3.05) is 19.6 Å². The van der Waals surface area contributed by atoms with Gasteiger partial charge < -0.3 is 9.64 Å².